The Morgan fingerprint density at radius 3 is 2.33 bits per heavy atom. The van der Waals surface area contributed by atoms with Gasteiger partial charge in [0.2, 0.25) is 0 Å². The molecule has 1 rings (SSSR count). The van der Waals surface area contributed by atoms with Gasteiger partial charge in [-0.3, -0.25) is 0 Å². The summed E-state index contributed by atoms with van der Waals surface area (Å²) >= 11 is 0. The quantitative estimate of drug-likeness (QED) is 0.845. The van der Waals surface area contributed by atoms with E-state index in [1.807, 2.05) is 27.7 Å². The molecule has 0 aliphatic heterocycles. The van der Waals surface area contributed by atoms with Crippen LogP contribution in [0.15, 0.2) is 0 Å². The van der Waals surface area contributed by atoms with Crippen molar-refractivity contribution in [2.45, 2.75) is 77.5 Å². The van der Waals surface area contributed by atoms with E-state index in [4.69, 9.17) is 4.74 Å². The van der Waals surface area contributed by atoms with E-state index >= 15 is 0 Å². The number of nitrogens with zero attached hydrogens (tertiary/aromatic N) is 1. The molecule has 4 heteroatoms. The minimum atomic E-state index is -0.487. The molecule has 1 aliphatic carbocycles. The number of carbonyl (C=O) groups excluding carboxylic acids is 1. The minimum Gasteiger partial charge on any atom is -0.444 e. The van der Waals surface area contributed by atoms with E-state index < -0.39 is 5.60 Å². The third kappa shape index (κ3) is 4.48. The molecule has 1 N–H and O–H groups in total. The fourth-order valence-electron chi connectivity index (χ4n) is 2.45. The van der Waals surface area contributed by atoms with Crippen molar-refractivity contribution in [3.8, 4) is 0 Å². The summed E-state index contributed by atoms with van der Waals surface area (Å²) in [5.74, 6) is 0. The smallest absolute Gasteiger partial charge is 0.410 e. The highest BCUT2D eigenvalue weighted by Gasteiger charge is 2.32. The van der Waals surface area contributed by atoms with Gasteiger partial charge in [-0.25, -0.2) is 4.79 Å². The topological polar surface area (TPSA) is 49.8 Å². The zero-order valence-electron chi connectivity index (χ0n) is 12.1. The van der Waals surface area contributed by atoms with Crippen LogP contribution in [0.5, 0.6) is 0 Å². The molecular formula is C14H27NO3. The van der Waals surface area contributed by atoms with Crippen molar-refractivity contribution in [1.29, 1.82) is 0 Å². The van der Waals surface area contributed by atoms with Crippen molar-refractivity contribution in [3.63, 3.8) is 0 Å². The minimum absolute atomic E-state index is 0.0181. The van der Waals surface area contributed by atoms with Gasteiger partial charge in [0.25, 0.3) is 0 Å². The molecule has 0 heterocycles. The first-order valence-corrected chi connectivity index (χ1v) is 6.97. The van der Waals surface area contributed by atoms with Crippen LogP contribution in [0.1, 0.15) is 59.8 Å². The fraction of sp³-hybridized carbons (Fsp3) is 0.929. The largest absolute Gasteiger partial charge is 0.444 e. The van der Waals surface area contributed by atoms with E-state index in [9.17, 15) is 9.90 Å². The maximum atomic E-state index is 12.3. The molecule has 4 nitrogen and oxygen atoms in total. The van der Waals surface area contributed by atoms with Crippen LogP contribution in [0.4, 0.5) is 4.79 Å². The van der Waals surface area contributed by atoms with Gasteiger partial charge < -0.3 is 14.7 Å². The van der Waals surface area contributed by atoms with Crippen LogP contribution in [0.3, 0.4) is 0 Å². The molecule has 1 saturated carbocycles. The van der Waals surface area contributed by atoms with Gasteiger partial charge in [0.05, 0.1) is 12.6 Å². The van der Waals surface area contributed by atoms with Gasteiger partial charge in [0.15, 0.2) is 0 Å². The number of aliphatic hydroxyl groups excluding tert-OH is 1. The number of rotatable bonds is 3. The van der Waals surface area contributed by atoms with Crippen LogP contribution in [-0.2, 0) is 4.74 Å². The summed E-state index contributed by atoms with van der Waals surface area (Å²) < 4.78 is 5.45. The molecule has 1 atom stereocenters. The molecule has 0 aromatic heterocycles. The molecule has 1 fully saturated rings. The highest BCUT2D eigenvalue weighted by atomic mass is 16.6. The summed E-state index contributed by atoms with van der Waals surface area (Å²) in [5.41, 5.74) is -0.487. The lowest BCUT2D eigenvalue weighted by Gasteiger charge is -2.38. The van der Waals surface area contributed by atoms with Crippen LogP contribution >= 0.6 is 0 Å². The average Bonchev–Trinajstić information content (AvgIpc) is 2.28. The molecule has 0 radical (unpaired) electrons. The van der Waals surface area contributed by atoms with Crippen LogP contribution in [0.25, 0.3) is 0 Å². The first-order chi connectivity index (χ1) is 8.35. The van der Waals surface area contributed by atoms with E-state index in [1.165, 1.54) is 6.42 Å². The summed E-state index contributed by atoms with van der Waals surface area (Å²) in [6.07, 6.45) is 5.29. The molecule has 1 amide bonds. The standard InChI is InChI=1S/C14H27NO3/c1-11(10-16)15(12-8-6-5-7-9-12)13(17)18-14(2,3)4/h11-12,16H,5-10H2,1-4H3/t11-/m0/s1. The molecule has 106 valence electrons. The van der Waals surface area contributed by atoms with E-state index in [1.54, 1.807) is 4.90 Å². The van der Waals surface area contributed by atoms with Gasteiger partial charge in [-0.2, -0.15) is 0 Å². The molecule has 0 aromatic carbocycles. The van der Waals surface area contributed by atoms with Crippen molar-refractivity contribution in [3.05, 3.63) is 0 Å². The van der Waals surface area contributed by atoms with Crippen molar-refractivity contribution >= 4 is 6.09 Å². The highest BCUT2D eigenvalue weighted by molar-refractivity contribution is 5.69. The van der Waals surface area contributed by atoms with Gasteiger partial charge in [0, 0.05) is 6.04 Å². The Bertz CT molecular complexity index is 267. The summed E-state index contributed by atoms with van der Waals surface area (Å²) in [6, 6.07) is 0.0405. The zero-order valence-corrected chi connectivity index (χ0v) is 12.1. The predicted molar refractivity (Wildman–Crippen MR) is 71.5 cm³/mol. The van der Waals surface area contributed by atoms with Crippen molar-refractivity contribution < 1.29 is 14.6 Å². The second-order valence-electron chi connectivity index (χ2n) is 6.21. The Morgan fingerprint density at radius 1 is 1.33 bits per heavy atom. The SMILES string of the molecule is C[C@@H](CO)N(C(=O)OC(C)(C)C)C1CCCCC1. The number of hydrogen-bond acceptors (Lipinski definition) is 3. The Balaban J connectivity index is 2.73. The molecule has 0 unspecified atom stereocenters. The van der Waals surface area contributed by atoms with E-state index in [2.05, 4.69) is 0 Å². The van der Waals surface area contributed by atoms with Gasteiger partial charge >= 0.3 is 6.09 Å². The number of aliphatic hydroxyl groups is 1. The Labute approximate surface area is 110 Å². The maximum Gasteiger partial charge on any atom is 0.410 e. The van der Waals surface area contributed by atoms with E-state index in [0.717, 1.165) is 25.7 Å². The highest BCUT2D eigenvalue weighted by Crippen LogP contribution is 2.25. The molecule has 1 aliphatic rings. The van der Waals surface area contributed by atoms with Gasteiger partial charge in [0.1, 0.15) is 5.60 Å². The maximum absolute atomic E-state index is 12.3. The van der Waals surface area contributed by atoms with Gasteiger partial charge in [-0.15, -0.1) is 0 Å². The Kier molecular flexibility index (Phi) is 5.45. The van der Waals surface area contributed by atoms with Crippen LogP contribution in [-0.4, -0.2) is 40.4 Å². The van der Waals surface area contributed by atoms with Crippen molar-refractivity contribution in [1.82, 2.24) is 4.90 Å². The third-order valence-corrected chi connectivity index (χ3v) is 3.31. The summed E-state index contributed by atoms with van der Waals surface area (Å²) in [6.45, 7) is 7.46. The first kappa shape index (κ1) is 15.3. The average molecular weight is 257 g/mol. The van der Waals surface area contributed by atoms with Crippen LogP contribution in [0, 0.1) is 0 Å². The third-order valence-electron chi connectivity index (χ3n) is 3.31. The fourth-order valence-corrected chi connectivity index (χ4v) is 2.45. The lowest BCUT2D eigenvalue weighted by Crippen LogP contribution is -2.50. The second-order valence-corrected chi connectivity index (χ2v) is 6.21. The monoisotopic (exact) mass is 257 g/mol. The normalized spacial score (nSPS) is 19.4. The molecule has 0 aromatic rings. The van der Waals surface area contributed by atoms with E-state index in [0.29, 0.717) is 0 Å². The molecule has 0 saturated heterocycles. The Hall–Kier alpha value is -0.770. The lowest BCUT2D eigenvalue weighted by molar-refractivity contribution is -0.00518. The molecule has 18 heavy (non-hydrogen) atoms. The number of carbonyl (C=O) groups is 1. The molecule has 0 bridgehead atoms. The van der Waals surface area contributed by atoms with Crippen LogP contribution in [0.2, 0.25) is 0 Å². The van der Waals surface area contributed by atoms with Gasteiger partial charge in [-0.1, -0.05) is 19.3 Å². The molecule has 0 spiro atoms. The first-order valence-electron chi connectivity index (χ1n) is 6.97. The predicted octanol–water partition coefficient (Wildman–Crippen LogP) is 2.94. The summed E-state index contributed by atoms with van der Waals surface area (Å²) in [4.78, 5) is 14.0. The summed E-state index contributed by atoms with van der Waals surface area (Å²) in [7, 11) is 0. The van der Waals surface area contributed by atoms with Gasteiger partial charge in [-0.05, 0) is 40.5 Å². The Morgan fingerprint density at radius 2 is 1.89 bits per heavy atom. The zero-order chi connectivity index (χ0) is 13.8. The van der Waals surface area contributed by atoms with E-state index in [-0.39, 0.29) is 24.8 Å². The second kappa shape index (κ2) is 6.41. The summed E-state index contributed by atoms with van der Waals surface area (Å²) in [5, 5.41) is 9.33. The van der Waals surface area contributed by atoms with Crippen molar-refractivity contribution in [2.75, 3.05) is 6.61 Å². The number of ether oxygens (including phenoxy) is 1. The van der Waals surface area contributed by atoms with Crippen LogP contribution < -0.4 is 0 Å². The number of hydrogen-bond donors (Lipinski definition) is 1. The number of amides is 1. The lowest BCUT2D eigenvalue weighted by atomic mass is 9.93. The van der Waals surface area contributed by atoms with Crippen molar-refractivity contribution in [2.24, 2.45) is 0 Å². The molecular weight excluding hydrogens is 230 g/mol.